The SMILES string of the molecule is c1ccc(-c2ccc(-c3nc(-c4ccccc4)nc(-c4ccc(-c5nc6ccccc6c6ccc7ccccc7c56)cc4)n3)cc2)cc1. The smallest absolute Gasteiger partial charge is 0.164 e. The molecule has 9 aromatic rings. The molecule has 2 aromatic heterocycles. The highest BCUT2D eigenvalue weighted by Gasteiger charge is 2.16. The van der Waals surface area contributed by atoms with Gasteiger partial charge in [0.15, 0.2) is 17.5 Å². The molecular formula is C44H28N4. The zero-order valence-corrected chi connectivity index (χ0v) is 26.0. The van der Waals surface area contributed by atoms with Crippen LogP contribution in [0.5, 0.6) is 0 Å². The zero-order chi connectivity index (χ0) is 31.9. The monoisotopic (exact) mass is 612 g/mol. The third-order valence-electron chi connectivity index (χ3n) is 8.93. The first-order valence-corrected chi connectivity index (χ1v) is 16.1. The predicted octanol–water partition coefficient (Wildman–Crippen LogP) is 11.1. The molecule has 0 bridgehead atoms. The number of benzene rings is 7. The first kappa shape index (κ1) is 27.8. The van der Waals surface area contributed by atoms with Crippen LogP contribution in [0, 0.1) is 0 Å². The van der Waals surface area contributed by atoms with Crippen molar-refractivity contribution < 1.29 is 0 Å². The van der Waals surface area contributed by atoms with Crippen LogP contribution < -0.4 is 0 Å². The third kappa shape index (κ3) is 4.97. The van der Waals surface area contributed by atoms with Crippen molar-refractivity contribution in [1.82, 2.24) is 19.9 Å². The van der Waals surface area contributed by atoms with Gasteiger partial charge in [0.2, 0.25) is 0 Å². The summed E-state index contributed by atoms with van der Waals surface area (Å²) in [6, 6.07) is 58.7. The Balaban J connectivity index is 1.17. The molecule has 9 rings (SSSR count). The van der Waals surface area contributed by atoms with E-state index in [9.17, 15) is 0 Å². The van der Waals surface area contributed by atoms with Gasteiger partial charge in [-0.2, -0.15) is 0 Å². The lowest BCUT2D eigenvalue weighted by Gasteiger charge is -2.13. The average Bonchev–Trinajstić information content (AvgIpc) is 3.18. The predicted molar refractivity (Wildman–Crippen MR) is 197 cm³/mol. The zero-order valence-electron chi connectivity index (χ0n) is 26.0. The van der Waals surface area contributed by atoms with Crippen molar-refractivity contribution in [2.45, 2.75) is 0 Å². The molecule has 0 radical (unpaired) electrons. The summed E-state index contributed by atoms with van der Waals surface area (Å²) in [5, 5.41) is 5.91. The standard InChI is InChI=1S/C44H28N4/c1-3-11-29(12-4-1)30-19-23-34(24-20-30)43-46-42(33-14-5-2-6-15-33)47-44(48-43)35-25-21-32(22-26-35)41-40-36-16-8-7-13-31(36)27-28-38(40)37-17-9-10-18-39(37)45-41/h1-28H. The first-order valence-electron chi connectivity index (χ1n) is 16.1. The molecule has 48 heavy (non-hydrogen) atoms. The first-order chi connectivity index (χ1) is 23.8. The Morgan fingerprint density at radius 3 is 1.38 bits per heavy atom. The highest BCUT2D eigenvalue weighted by Crippen LogP contribution is 2.38. The molecule has 0 fully saturated rings. The van der Waals surface area contributed by atoms with E-state index < -0.39 is 0 Å². The average molecular weight is 613 g/mol. The van der Waals surface area contributed by atoms with Crippen LogP contribution in [0.15, 0.2) is 170 Å². The van der Waals surface area contributed by atoms with Crippen molar-refractivity contribution in [1.29, 1.82) is 0 Å². The van der Waals surface area contributed by atoms with Crippen molar-refractivity contribution in [3.05, 3.63) is 170 Å². The Labute approximate surface area is 278 Å². The molecule has 0 atom stereocenters. The molecule has 0 aliphatic carbocycles. The number of pyridine rings is 1. The molecule has 7 aromatic carbocycles. The molecule has 0 unspecified atom stereocenters. The highest BCUT2D eigenvalue weighted by molar-refractivity contribution is 6.21. The van der Waals surface area contributed by atoms with Gasteiger partial charge >= 0.3 is 0 Å². The summed E-state index contributed by atoms with van der Waals surface area (Å²) in [6.45, 7) is 0. The Hall–Kier alpha value is -6.52. The van der Waals surface area contributed by atoms with Crippen molar-refractivity contribution in [2.75, 3.05) is 0 Å². The summed E-state index contributed by atoms with van der Waals surface area (Å²) >= 11 is 0. The van der Waals surface area contributed by atoms with Gasteiger partial charge in [0.1, 0.15) is 0 Å². The number of aromatic nitrogens is 4. The lowest BCUT2D eigenvalue weighted by atomic mass is 9.95. The normalized spacial score (nSPS) is 11.3. The van der Waals surface area contributed by atoms with Gasteiger partial charge in [-0.1, -0.05) is 164 Å². The molecule has 224 valence electrons. The van der Waals surface area contributed by atoms with Crippen molar-refractivity contribution in [3.63, 3.8) is 0 Å². The molecule has 0 saturated heterocycles. The molecule has 4 nitrogen and oxygen atoms in total. The summed E-state index contributed by atoms with van der Waals surface area (Å²) in [4.78, 5) is 20.1. The number of hydrogen-bond donors (Lipinski definition) is 0. The number of fused-ring (bicyclic) bond motifs is 5. The van der Waals surface area contributed by atoms with E-state index in [2.05, 4.69) is 127 Å². The van der Waals surface area contributed by atoms with E-state index in [1.807, 2.05) is 42.5 Å². The molecule has 0 aliphatic heterocycles. The van der Waals surface area contributed by atoms with E-state index in [1.165, 1.54) is 21.7 Å². The minimum absolute atomic E-state index is 0.624. The molecule has 0 N–H and O–H groups in total. The number of nitrogens with zero attached hydrogens (tertiary/aromatic N) is 4. The largest absolute Gasteiger partial charge is 0.247 e. The Bertz CT molecular complexity index is 2580. The fraction of sp³-hybridized carbons (Fsp3) is 0. The van der Waals surface area contributed by atoms with Crippen molar-refractivity contribution in [3.8, 4) is 56.5 Å². The number of hydrogen-bond acceptors (Lipinski definition) is 4. The lowest BCUT2D eigenvalue weighted by Crippen LogP contribution is -2.00. The maximum absolute atomic E-state index is 5.22. The summed E-state index contributed by atoms with van der Waals surface area (Å²) in [5.74, 6) is 1.90. The third-order valence-corrected chi connectivity index (χ3v) is 8.93. The summed E-state index contributed by atoms with van der Waals surface area (Å²) in [6.07, 6.45) is 0. The fourth-order valence-corrected chi connectivity index (χ4v) is 6.51. The Kier molecular flexibility index (Phi) is 6.76. The summed E-state index contributed by atoms with van der Waals surface area (Å²) in [7, 11) is 0. The second kappa shape index (κ2) is 11.7. The second-order valence-electron chi connectivity index (χ2n) is 11.9. The molecule has 0 aliphatic rings. The van der Waals surface area contributed by atoms with Gasteiger partial charge in [-0.15, -0.1) is 0 Å². The van der Waals surface area contributed by atoms with Crippen LogP contribution in [-0.2, 0) is 0 Å². The second-order valence-corrected chi connectivity index (χ2v) is 11.9. The van der Waals surface area contributed by atoms with Crippen LogP contribution in [0.25, 0.3) is 89.0 Å². The van der Waals surface area contributed by atoms with E-state index >= 15 is 0 Å². The Morgan fingerprint density at radius 1 is 0.271 bits per heavy atom. The minimum atomic E-state index is 0.624. The van der Waals surface area contributed by atoms with E-state index in [0.717, 1.165) is 49.8 Å². The van der Waals surface area contributed by atoms with Gasteiger partial charge in [-0.05, 0) is 33.4 Å². The van der Waals surface area contributed by atoms with E-state index in [-0.39, 0.29) is 0 Å². The van der Waals surface area contributed by atoms with Crippen LogP contribution >= 0.6 is 0 Å². The van der Waals surface area contributed by atoms with E-state index in [1.54, 1.807) is 0 Å². The molecule has 4 heteroatoms. The van der Waals surface area contributed by atoms with Crippen LogP contribution in [0.1, 0.15) is 0 Å². The van der Waals surface area contributed by atoms with Crippen LogP contribution in [0.3, 0.4) is 0 Å². The molecule has 2 heterocycles. The molecular weight excluding hydrogens is 585 g/mol. The molecule has 0 saturated carbocycles. The minimum Gasteiger partial charge on any atom is -0.247 e. The maximum atomic E-state index is 5.22. The lowest BCUT2D eigenvalue weighted by molar-refractivity contribution is 1.07. The van der Waals surface area contributed by atoms with Gasteiger partial charge in [0.05, 0.1) is 11.2 Å². The van der Waals surface area contributed by atoms with Gasteiger partial charge in [0, 0.05) is 33.0 Å². The number of para-hydroxylation sites is 1. The highest BCUT2D eigenvalue weighted by atomic mass is 15.0. The van der Waals surface area contributed by atoms with Crippen molar-refractivity contribution >= 4 is 32.4 Å². The van der Waals surface area contributed by atoms with E-state index in [0.29, 0.717) is 17.5 Å². The van der Waals surface area contributed by atoms with Gasteiger partial charge < -0.3 is 0 Å². The topological polar surface area (TPSA) is 51.6 Å². The van der Waals surface area contributed by atoms with Crippen LogP contribution in [-0.4, -0.2) is 19.9 Å². The fourth-order valence-electron chi connectivity index (χ4n) is 6.51. The van der Waals surface area contributed by atoms with E-state index in [4.69, 9.17) is 19.9 Å². The number of rotatable bonds is 5. The quantitative estimate of drug-likeness (QED) is 0.181. The van der Waals surface area contributed by atoms with Gasteiger partial charge in [0.25, 0.3) is 0 Å². The van der Waals surface area contributed by atoms with Gasteiger partial charge in [-0.3, -0.25) is 0 Å². The molecule has 0 spiro atoms. The Morgan fingerprint density at radius 2 is 0.729 bits per heavy atom. The maximum Gasteiger partial charge on any atom is 0.164 e. The summed E-state index contributed by atoms with van der Waals surface area (Å²) in [5.41, 5.74) is 8.10. The van der Waals surface area contributed by atoms with Crippen LogP contribution in [0.4, 0.5) is 0 Å². The summed E-state index contributed by atoms with van der Waals surface area (Å²) < 4.78 is 0. The van der Waals surface area contributed by atoms with Crippen LogP contribution in [0.2, 0.25) is 0 Å². The molecule has 0 amide bonds. The van der Waals surface area contributed by atoms with Gasteiger partial charge in [-0.25, -0.2) is 19.9 Å². The van der Waals surface area contributed by atoms with Crippen molar-refractivity contribution in [2.24, 2.45) is 0 Å².